The lowest BCUT2D eigenvalue weighted by atomic mass is 10.2. The van der Waals surface area contributed by atoms with Crippen molar-refractivity contribution in [3.8, 4) is 0 Å². The molecule has 1 aromatic carbocycles. The molecule has 0 radical (unpaired) electrons. The van der Waals surface area contributed by atoms with Crippen molar-refractivity contribution < 1.29 is 14.3 Å². The smallest absolute Gasteiger partial charge is 0.242 e. The second kappa shape index (κ2) is 8.16. The van der Waals surface area contributed by atoms with E-state index < -0.39 is 0 Å². The van der Waals surface area contributed by atoms with Gasteiger partial charge in [0.1, 0.15) is 6.54 Å². The van der Waals surface area contributed by atoms with Gasteiger partial charge in [-0.2, -0.15) is 0 Å². The first-order chi connectivity index (χ1) is 12.8. The van der Waals surface area contributed by atoms with Crippen LogP contribution in [0, 0.1) is 0 Å². The van der Waals surface area contributed by atoms with Crippen molar-refractivity contribution in [1.29, 1.82) is 0 Å². The van der Waals surface area contributed by atoms with Crippen LogP contribution in [0.3, 0.4) is 0 Å². The van der Waals surface area contributed by atoms with Gasteiger partial charge in [-0.3, -0.25) is 9.69 Å². The van der Waals surface area contributed by atoms with Gasteiger partial charge in [0.2, 0.25) is 5.91 Å². The van der Waals surface area contributed by atoms with Crippen LogP contribution in [0.2, 0.25) is 0 Å². The van der Waals surface area contributed by atoms with Crippen molar-refractivity contribution in [3.05, 3.63) is 30.6 Å². The fraction of sp³-hybridized carbons (Fsp3) is 0.579. The van der Waals surface area contributed by atoms with Gasteiger partial charge in [-0.05, 0) is 18.6 Å². The normalized spacial score (nSPS) is 22.5. The zero-order valence-corrected chi connectivity index (χ0v) is 15.0. The molecular weight excluding hydrogens is 332 g/mol. The molecule has 26 heavy (non-hydrogen) atoms. The molecule has 0 spiro atoms. The topological polar surface area (TPSA) is 59.8 Å². The first kappa shape index (κ1) is 17.5. The molecule has 1 atom stereocenters. The average molecular weight is 358 g/mol. The highest BCUT2D eigenvalue weighted by Gasteiger charge is 2.25. The SMILES string of the molecule is O=C(Cn1cnc2ccccc21)N1CCCOC(CN2CCOCC2)C1. The Labute approximate surface area is 153 Å². The summed E-state index contributed by atoms with van der Waals surface area (Å²) in [6.07, 6.45) is 2.71. The predicted molar refractivity (Wildman–Crippen MR) is 97.9 cm³/mol. The summed E-state index contributed by atoms with van der Waals surface area (Å²) in [5.41, 5.74) is 1.92. The number of carbonyl (C=O) groups excluding carboxylic acids is 1. The maximum atomic E-state index is 12.9. The lowest BCUT2D eigenvalue weighted by Gasteiger charge is -2.31. The third kappa shape index (κ3) is 4.06. The molecule has 1 aromatic heterocycles. The Morgan fingerprint density at radius 3 is 2.88 bits per heavy atom. The Morgan fingerprint density at radius 1 is 1.15 bits per heavy atom. The van der Waals surface area contributed by atoms with Crippen molar-refractivity contribution >= 4 is 16.9 Å². The molecule has 7 heteroatoms. The van der Waals surface area contributed by atoms with Crippen molar-refractivity contribution in [3.63, 3.8) is 0 Å². The van der Waals surface area contributed by atoms with Crippen LogP contribution in [0.25, 0.3) is 11.0 Å². The lowest BCUT2D eigenvalue weighted by Crippen LogP contribution is -2.46. The number of hydrogen-bond acceptors (Lipinski definition) is 5. The van der Waals surface area contributed by atoms with Crippen molar-refractivity contribution in [2.45, 2.75) is 19.1 Å². The zero-order chi connectivity index (χ0) is 17.8. The molecule has 7 nitrogen and oxygen atoms in total. The summed E-state index contributed by atoms with van der Waals surface area (Å²) in [6, 6.07) is 7.91. The maximum Gasteiger partial charge on any atom is 0.242 e. The number of benzene rings is 1. The Balaban J connectivity index is 1.39. The van der Waals surface area contributed by atoms with E-state index in [9.17, 15) is 4.79 Å². The second-order valence-corrected chi connectivity index (χ2v) is 6.96. The van der Waals surface area contributed by atoms with E-state index >= 15 is 0 Å². The maximum absolute atomic E-state index is 12.9. The van der Waals surface area contributed by atoms with Crippen LogP contribution >= 0.6 is 0 Å². The molecule has 2 aliphatic heterocycles. The molecule has 140 valence electrons. The number of nitrogens with zero attached hydrogens (tertiary/aromatic N) is 4. The van der Waals surface area contributed by atoms with Gasteiger partial charge in [-0.1, -0.05) is 12.1 Å². The monoisotopic (exact) mass is 358 g/mol. The Morgan fingerprint density at radius 2 is 2.00 bits per heavy atom. The van der Waals surface area contributed by atoms with E-state index in [4.69, 9.17) is 9.47 Å². The molecule has 0 bridgehead atoms. The highest BCUT2D eigenvalue weighted by Crippen LogP contribution is 2.14. The zero-order valence-electron chi connectivity index (χ0n) is 15.0. The molecule has 0 saturated carbocycles. The van der Waals surface area contributed by atoms with Gasteiger partial charge >= 0.3 is 0 Å². The summed E-state index contributed by atoms with van der Waals surface area (Å²) in [7, 11) is 0. The minimum Gasteiger partial charge on any atom is -0.379 e. The first-order valence-corrected chi connectivity index (χ1v) is 9.39. The van der Waals surface area contributed by atoms with E-state index in [2.05, 4.69) is 9.88 Å². The standard InChI is InChI=1S/C19H26N4O3/c24-19(14-23-15-20-17-4-1-2-5-18(17)23)22-6-3-9-26-16(13-22)12-21-7-10-25-11-8-21/h1-2,4-5,15-16H,3,6-14H2. The molecule has 1 unspecified atom stereocenters. The molecule has 4 rings (SSSR count). The van der Waals surface area contributed by atoms with Gasteiger partial charge in [0.05, 0.1) is 36.7 Å². The molecule has 3 heterocycles. The highest BCUT2D eigenvalue weighted by atomic mass is 16.5. The Bertz CT molecular complexity index is 741. The molecule has 2 saturated heterocycles. The van der Waals surface area contributed by atoms with E-state index in [1.165, 1.54) is 0 Å². The first-order valence-electron chi connectivity index (χ1n) is 9.39. The molecule has 0 aliphatic carbocycles. The summed E-state index contributed by atoms with van der Waals surface area (Å²) in [5.74, 6) is 0.130. The van der Waals surface area contributed by atoms with Crippen LogP contribution in [-0.2, 0) is 20.8 Å². The fourth-order valence-electron chi connectivity index (χ4n) is 3.69. The molecule has 2 aliphatic rings. The van der Waals surface area contributed by atoms with Gasteiger partial charge in [0.15, 0.2) is 0 Å². The van der Waals surface area contributed by atoms with Gasteiger partial charge in [0, 0.05) is 39.3 Å². The third-order valence-corrected chi connectivity index (χ3v) is 5.10. The van der Waals surface area contributed by atoms with Gasteiger partial charge < -0.3 is 18.9 Å². The summed E-state index contributed by atoms with van der Waals surface area (Å²) in [6.45, 7) is 6.75. The Kier molecular flexibility index (Phi) is 5.48. The quantitative estimate of drug-likeness (QED) is 0.816. The van der Waals surface area contributed by atoms with E-state index in [-0.39, 0.29) is 12.0 Å². The number of rotatable bonds is 4. The second-order valence-electron chi connectivity index (χ2n) is 6.96. The molecule has 2 fully saturated rings. The van der Waals surface area contributed by atoms with Crippen LogP contribution in [-0.4, -0.2) is 83.9 Å². The van der Waals surface area contributed by atoms with Crippen molar-refractivity contribution in [1.82, 2.24) is 19.4 Å². The van der Waals surface area contributed by atoms with Crippen LogP contribution in [0.15, 0.2) is 30.6 Å². The molecular formula is C19H26N4O3. The molecule has 2 aromatic rings. The van der Waals surface area contributed by atoms with Gasteiger partial charge in [-0.25, -0.2) is 4.98 Å². The van der Waals surface area contributed by atoms with Gasteiger partial charge in [0.25, 0.3) is 0 Å². The Hall–Kier alpha value is -1.96. The van der Waals surface area contributed by atoms with Crippen molar-refractivity contribution in [2.24, 2.45) is 0 Å². The number of fused-ring (bicyclic) bond motifs is 1. The van der Waals surface area contributed by atoms with Gasteiger partial charge in [-0.15, -0.1) is 0 Å². The van der Waals surface area contributed by atoms with Crippen LogP contribution in [0.4, 0.5) is 0 Å². The fourth-order valence-corrected chi connectivity index (χ4v) is 3.69. The number of ether oxygens (including phenoxy) is 2. The molecule has 0 N–H and O–H groups in total. The van der Waals surface area contributed by atoms with E-state index in [0.29, 0.717) is 19.7 Å². The van der Waals surface area contributed by atoms with E-state index in [0.717, 1.165) is 56.8 Å². The number of hydrogen-bond donors (Lipinski definition) is 0. The van der Waals surface area contributed by atoms with Crippen LogP contribution in [0.1, 0.15) is 6.42 Å². The number of carbonyl (C=O) groups is 1. The average Bonchev–Trinajstić information content (AvgIpc) is 2.92. The number of morpholine rings is 1. The number of para-hydroxylation sites is 2. The lowest BCUT2D eigenvalue weighted by molar-refractivity contribution is -0.132. The summed E-state index contributed by atoms with van der Waals surface area (Å²) >= 11 is 0. The summed E-state index contributed by atoms with van der Waals surface area (Å²) in [5, 5.41) is 0. The highest BCUT2D eigenvalue weighted by molar-refractivity contribution is 5.80. The summed E-state index contributed by atoms with van der Waals surface area (Å²) < 4.78 is 13.3. The van der Waals surface area contributed by atoms with E-state index in [1.54, 1.807) is 6.33 Å². The number of amides is 1. The largest absolute Gasteiger partial charge is 0.379 e. The third-order valence-electron chi connectivity index (χ3n) is 5.10. The summed E-state index contributed by atoms with van der Waals surface area (Å²) in [4.78, 5) is 21.6. The van der Waals surface area contributed by atoms with Crippen molar-refractivity contribution in [2.75, 3.05) is 52.5 Å². The molecule has 1 amide bonds. The minimum atomic E-state index is 0.0686. The number of imidazole rings is 1. The van der Waals surface area contributed by atoms with E-state index in [1.807, 2.05) is 33.7 Å². The number of aromatic nitrogens is 2. The predicted octanol–water partition coefficient (Wildman–Crippen LogP) is 0.986. The van der Waals surface area contributed by atoms with Crippen LogP contribution < -0.4 is 0 Å². The van der Waals surface area contributed by atoms with Crippen LogP contribution in [0.5, 0.6) is 0 Å². The minimum absolute atomic E-state index is 0.0686.